The zero-order chi connectivity index (χ0) is 15.8. The number of benzene rings is 2. The Hall–Kier alpha value is -1.76. The van der Waals surface area contributed by atoms with Gasteiger partial charge in [-0.1, -0.05) is 25.1 Å². The van der Waals surface area contributed by atoms with Gasteiger partial charge in [-0.15, -0.1) is 0 Å². The van der Waals surface area contributed by atoms with Crippen LogP contribution in [0.3, 0.4) is 0 Å². The van der Waals surface area contributed by atoms with E-state index in [1.165, 1.54) is 67.2 Å². The minimum atomic E-state index is 1.05. The van der Waals surface area contributed by atoms with Crippen molar-refractivity contribution in [3.8, 4) is 16.9 Å². The Morgan fingerprint density at radius 3 is 2.39 bits per heavy atom. The Morgan fingerprint density at radius 2 is 1.61 bits per heavy atom. The second kappa shape index (κ2) is 6.03. The van der Waals surface area contributed by atoms with Gasteiger partial charge in [-0.2, -0.15) is 0 Å². The fourth-order valence-electron chi connectivity index (χ4n) is 4.47. The van der Waals surface area contributed by atoms with Gasteiger partial charge < -0.3 is 4.74 Å². The van der Waals surface area contributed by atoms with Crippen molar-refractivity contribution < 1.29 is 4.74 Å². The summed E-state index contributed by atoms with van der Waals surface area (Å²) in [4.78, 5) is 0. The molecular formula is C22H26O. The monoisotopic (exact) mass is 306 g/mol. The molecular weight excluding hydrogens is 280 g/mol. The van der Waals surface area contributed by atoms with Gasteiger partial charge in [-0.3, -0.25) is 0 Å². The summed E-state index contributed by atoms with van der Waals surface area (Å²) >= 11 is 0. The van der Waals surface area contributed by atoms with E-state index in [0.717, 1.165) is 12.2 Å². The molecule has 2 aromatic carbocycles. The van der Waals surface area contributed by atoms with Gasteiger partial charge >= 0.3 is 0 Å². The van der Waals surface area contributed by atoms with Crippen LogP contribution >= 0.6 is 0 Å². The molecule has 0 heterocycles. The SMILES string of the molecule is CCc1cc2c(cc1-c1c(OC)ccc3c1CCCC3)CCC2. The third-order valence-corrected chi connectivity index (χ3v) is 5.68. The third-order valence-electron chi connectivity index (χ3n) is 5.68. The molecule has 0 bridgehead atoms. The van der Waals surface area contributed by atoms with Crippen LogP contribution in [0.5, 0.6) is 5.75 Å². The first-order valence-electron chi connectivity index (χ1n) is 9.15. The summed E-state index contributed by atoms with van der Waals surface area (Å²) in [6.45, 7) is 2.28. The van der Waals surface area contributed by atoms with E-state index in [2.05, 4.69) is 31.2 Å². The Bertz CT molecular complexity index is 742. The molecule has 4 rings (SSSR count). The predicted molar refractivity (Wildman–Crippen MR) is 96.5 cm³/mol. The summed E-state index contributed by atoms with van der Waals surface area (Å²) in [7, 11) is 1.81. The zero-order valence-corrected chi connectivity index (χ0v) is 14.4. The van der Waals surface area contributed by atoms with E-state index in [1.54, 1.807) is 16.7 Å². The Morgan fingerprint density at radius 1 is 0.870 bits per heavy atom. The van der Waals surface area contributed by atoms with Gasteiger partial charge in [0.1, 0.15) is 5.75 Å². The largest absolute Gasteiger partial charge is 0.496 e. The van der Waals surface area contributed by atoms with Crippen molar-refractivity contribution in [2.45, 2.75) is 58.3 Å². The van der Waals surface area contributed by atoms with Crippen LogP contribution in [-0.4, -0.2) is 7.11 Å². The second-order valence-corrected chi connectivity index (χ2v) is 6.97. The highest BCUT2D eigenvalue weighted by Gasteiger charge is 2.22. The number of ether oxygens (including phenoxy) is 1. The summed E-state index contributed by atoms with van der Waals surface area (Å²) in [6.07, 6.45) is 9.95. The maximum atomic E-state index is 5.78. The van der Waals surface area contributed by atoms with E-state index in [9.17, 15) is 0 Å². The van der Waals surface area contributed by atoms with E-state index >= 15 is 0 Å². The van der Waals surface area contributed by atoms with E-state index in [4.69, 9.17) is 4.74 Å². The molecule has 23 heavy (non-hydrogen) atoms. The van der Waals surface area contributed by atoms with Crippen LogP contribution in [0.25, 0.3) is 11.1 Å². The number of hydrogen-bond acceptors (Lipinski definition) is 1. The van der Waals surface area contributed by atoms with Crippen LogP contribution in [0.1, 0.15) is 54.0 Å². The van der Waals surface area contributed by atoms with Gasteiger partial charge in [0.05, 0.1) is 7.11 Å². The highest BCUT2D eigenvalue weighted by molar-refractivity contribution is 5.79. The van der Waals surface area contributed by atoms with Crippen LogP contribution < -0.4 is 4.74 Å². The van der Waals surface area contributed by atoms with Crippen molar-refractivity contribution >= 4 is 0 Å². The molecule has 0 unspecified atom stereocenters. The lowest BCUT2D eigenvalue weighted by Crippen LogP contribution is -2.07. The maximum absolute atomic E-state index is 5.78. The molecule has 0 spiro atoms. The van der Waals surface area contributed by atoms with Crippen molar-refractivity contribution in [3.63, 3.8) is 0 Å². The molecule has 0 aliphatic heterocycles. The standard InChI is InChI=1S/C22H26O/c1-3-15-13-17-8-6-9-18(17)14-20(15)22-19-10-5-4-7-16(19)11-12-21(22)23-2/h11-14H,3-10H2,1-2H3. The first-order chi connectivity index (χ1) is 11.3. The van der Waals surface area contributed by atoms with Gasteiger partial charge in [0.15, 0.2) is 0 Å². The average molecular weight is 306 g/mol. The number of fused-ring (bicyclic) bond motifs is 2. The number of hydrogen-bond donors (Lipinski definition) is 0. The lowest BCUT2D eigenvalue weighted by molar-refractivity contribution is 0.415. The highest BCUT2D eigenvalue weighted by Crippen LogP contribution is 2.42. The molecule has 0 amide bonds. The Balaban J connectivity index is 1.97. The van der Waals surface area contributed by atoms with Gasteiger partial charge in [0.25, 0.3) is 0 Å². The van der Waals surface area contributed by atoms with Gasteiger partial charge in [0.2, 0.25) is 0 Å². The molecule has 0 aromatic heterocycles. The smallest absolute Gasteiger partial charge is 0.126 e. The summed E-state index contributed by atoms with van der Waals surface area (Å²) < 4.78 is 5.78. The summed E-state index contributed by atoms with van der Waals surface area (Å²) in [6, 6.07) is 9.43. The minimum absolute atomic E-state index is 1.05. The van der Waals surface area contributed by atoms with Crippen molar-refractivity contribution in [1.82, 2.24) is 0 Å². The fraction of sp³-hybridized carbons (Fsp3) is 0.455. The molecule has 120 valence electrons. The second-order valence-electron chi connectivity index (χ2n) is 6.97. The lowest BCUT2D eigenvalue weighted by atomic mass is 9.83. The molecule has 2 aliphatic rings. The Labute approximate surface area is 139 Å². The van der Waals surface area contributed by atoms with E-state index in [1.807, 2.05) is 7.11 Å². The molecule has 0 fully saturated rings. The maximum Gasteiger partial charge on any atom is 0.126 e. The first kappa shape index (κ1) is 14.8. The molecule has 1 heteroatoms. The van der Waals surface area contributed by atoms with Crippen LogP contribution in [0.4, 0.5) is 0 Å². The van der Waals surface area contributed by atoms with Crippen molar-refractivity contribution in [2.75, 3.05) is 7.11 Å². The summed E-state index contributed by atoms with van der Waals surface area (Å²) in [5.41, 5.74) is 10.5. The van der Waals surface area contributed by atoms with Gasteiger partial charge in [-0.25, -0.2) is 0 Å². The first-order valence-corrected chi connectivity index (χ1v) is 9.15. The van der Waals surface area contributed by atoms with E-state index in [0.29, 0.717) is 0 Å². The van der Waals surface area contributed by atoms with Crippen molar-refractivity contribution in [2.24, 2.45) is 0 Å². The molecule has 2 aromatic rings. The number of methoxy groups -OCH3 is 1. The molecule has 0 atom stereocenters. The van der Waals surface area contributed by atoms with Crippen LogP contribution in [0.15, 0.2) is 24.3 Å². The molecule has 0 N–H and O–H groups in total. The van der Waals surface area contributed by atoms with Crippen LogP contribution in [-0.2, 0) is 32.1 Å². The fourth-order valence-corrected chi connectivity index (χ4v) is 4.47. The van der Waals surface area contributed by atoms with Gasteiger partial charge in [-0.05, 0) is 90.8 Å². The zero-order valence-electron chi connectivity index (χ0n) is 14.4. The average Bonchev–Trinajstić information content (AvgIpc) is 3.06. The topological polar surface area (TPSA) is 9.23 Å². The molecule has 1 nitrogen and oxygen atoms in total. The van der Waals surface area contributed by atoms with E-state index in [-0.39, 0.29) is 0 Å². The third kappa shape index (κ3) is 2.47. The molecule has 0 saturated carbocycles. The van der Waals surface area contributed by atoms with Crippen molar-refractivity contribution in [3.05, 3.63) is 52.1 Å². The van der Waals surface area contributed by atoms with Crippen molar-refractivity contribution in [1.29, 1.82) is 0 Å². The predicted octanol–water partition coefficient (Wildman–Crippen LogP) is 5.29. The normalized spacial score (nSPS) is 16.1. The van der Waals surface area contributed by atoms with Crippen LogP contribution in [0, 0.1) is 0 Å². The number of rotatable bonds is 3. The molecule has 0 radical (unpaired) electrons. The minimum Gasteiger partial charge on any atom is -0.496 e. The summed E-state index contributed by atoms with van der Waals surface area (Å²) in [5, 5.41) is 0. The molecule has 0 saturated heterocycles. The lowest BCUT2D eigenvalue weighted by Gasteiger charge is -2.24. The quantitative estimate of drug-likeness (QED) is 0.748. The summed E-state index contributed by atoms with van der Waals surface area (Å²) in [5.74, 6) is 1.05. The van der Waals surface area contributed by atoms with E-state index < -0.39 is 0 Å². The highest BCUT2D eigenvalue weighted by atomic mass is 16.5. The number of aryl methyl sites for hydroxylation is 4. The van der Waals surface area contributed by atoms with Crippen LogP contribution in [0.2, 0.25) is 0 Å². The Kier molecular flexibility index (Phi) is 3.88. The van der Waals surface area contributed by atoms with Gasteiger partial charge in [0, 0.05) is 5.56 Å². The molecule has 2 aliphatic carbocycles.